The Kier molecular flexibility index (Phi) is 2.55. The summed E-state index contributed by atoms with van der Waals surface area (Å²) in [6.07, 6.45) is 4.15. The molecule has 0 bridgehead atoms. The van der Waals surface area contributed by atoms with Crippen LogP contribution in [0, 0.1) is 5.92 Å². The lowest BCUT2D eigenvalue weighted by Crippen LogP contribution is -2.54. The first-order valence-corrected chi connectivity index (χ1v) is 3.75. The van der Waals surface area contributed by atoms with Crippen LogP contribution in [0.1, 0.15) is 19.3 Å². The summed E-state index contributed by atoms with van der Waals surface area (Å²) in [7, 11) is 0. The van der Waals surface area contributed by atoms with Crippen molar-refractivity contribution in [3.05, 3.63) is 0 Å². The summed E-state index contributed by atoms with van der Waals surface area (Å²) in [5, 5.41) is 0. The van der Waals surface area contributed by atoms with E-state index in [0.717, 1.165) is 13.0 Å². The minimum Gasteiger partial charge on any atom is -0.378 e. The Morgan fingerprint density at radius 1 is 1.40 bits per heavy atom. The van der Waals surface area contributed by atoms with E-state index < -0.39 is 0 Å². The molecule has 10 heavy (non-hydrogen) atoms. The molecule has 0 amide bonds. The van der Waals surface area contributed by atoms with E-state index in [0.29, 0.717) is 18.1 Å². The van der Waals surface area contributed by atoms with E-state index in [1.807, 2.05) is 0 Å². The molecule has 60 valence electrons. The average Bonchev–Trinajstić information content (AvgIpc) is 1.86. The average molecular weight is 164 g/mol. The van der Waals surface area contributed by atoms with Crippen molar-refractivity contribution in [1.82, 2.24) is 0 Å². The number of hydrogen-bond acceptors (Lipinski definition) is 2. The Hall–Kier alpha value is 0.210. The molecule has 0 unspecified atom stereocenters. The number of ether oxygens (including phenoxy) is 1. The van der Waals surface area contributed by atoms with Crippen molar-refractivity contribution in [3.8, 4) is 0 Å². The van der Waals surface area contributed by atoms with E-state index in [9.17, 15) is 0 Å². The van der Waals surface area contributed by atoms with Crippen molar-refractivity contribution in [2.24, 2.45) is 11.7 Å². The minimum absolute atomic E-state index is 0. The molecular formula is C7H14ClNO. The summed E-state index contributed by atoms with van der Waals surface area (Å²) >= 11 is 0. The number of rotatable bonds is 0. The molecule has 1 saturated heterocycles. The predicted molar refractivity (Wildman–Crippen MR) is 42.3 cm³/mol. The molecular weight excluding hydrogens is 150 g/mol. The maximum atomic E-state index is 5.75. The Balaban J connectivity index is 0.000000500. The third kappa shape index (κ3) is 1.16. The van der Waals surface area contributed by atoms with E-state index >= 15 is 0 Å². The highest BCUT2D eigenvalue weighted by Crippen LogP contribution is 2.36. The first-order valence-electron chi connectivity index (χ1n) is 3.75. The van der Waals surface area contributed by atoms with Gasteiger partial charge in [-0.05, 0) is 19.3 Å². The highest BCUT2D eigenvalue weighted by atomic mass is 35.5. The fraction of sp³-hybridized carbons (Fsp3) is 1.00. The molecule has 2 N–H and O–H groups in total. The minimum atomic E-state index is 0. The zero-order chi connectivity index (χ0) is 6.27. The van der Waals surface area contributed by atoms with Gasteiger partial charge in [0.2, 0.25) is 0 Å². The molecule has 2 rings (SSSR count). The topological polar surface area (TPSA) is 35.2 Å². The smallest absolute Gasteiger partial charge is 0.0632 e. The highest BCUT2D eigenvalue weighted by Gasteiger charge is 2.40. The summed E-state index contributed by atoms with van der Waals surface area (Å²) in [6, 6.07) is 0.454. The first kappa shape index (κ1) is 8.31. The van der Waals surface area contributed by atoms with Crippen LogP contribution in [0.25, 0.3) is 0 Å². The number of fused-ring (bicyclic) bond motifs is 1. The van der Waals surface area contributed by atoms with Gasteiger partial charge in [-0.15, -0.1) is 12.4 Å². The molecule has 0 aromatic rings. The van der Waals surface area contributed by atoms with Crippen LogP contribution in [-0.4, -0.2) is 18.8 Å². The molecule has 3 atom stereocenters. The SMILES string of the molecule is Cl.N[C@H]1C[C@H]2OCCC[C@@H]12. The fourth-order valence-corrected chi connectivity index (χ4v) is 1.84. The molecule has 1 saturated carbocycles. The second-order valence-corrected chi connectivity index (χ2v) is 3.11. The maximum Gasteiger partial charge on any atom is 0.0632 e. The zero-order valence-electron chi connectivity index (χ0n) is 5.95. The Labute approximate surface area is 67.5 Å². The van der Waals surface area contributed by atoms with Gasteiger partial charge in [-0.1, -0.05) is 0 Å². The fourth-order valence-electron chi connectivity index (χ4n) is 1.84. The Morgan fingerprint density at radius 3 is 2.70 bits per heavy atom. The molecule has 0 aromatic carbocycles. The van der Waals surface area contributed by atoms with Crippen LogP contribution >= 0.6 is 12.4 Å². The van der Waals surface area contributed by atoms with Crippen molar-refractivity contribution in [3.63, 3.8) is 0 Å². The third-order valence-electron chi connectivity index (χ3n) is 2.55. The van der Waals surface area contributed by atoms with Crippen LogP contribution in [-0.2, 0) is 4.74 Å². The van der Waals surface area contributed by atoms with Crippen LogP contribution in [0.15, 0.2) is 0 Å². The van der Waals surface area contributed by atoms with Gasteiger partial charge in [0, 0.05) is 18.6 Å². The molecule has 0 aromatic heterocycles. The largest absolute Gasteiger partial charge is 0.378 e. The lowest BCUT2D eigenvalue weighted by Gasteiger charge is -2.45. The van der Waals surface area contributed by atoms with Crippen LogP contribution in [0.3, 0.4) is 0 Å². The van der Waals surface area contributed by atoms with E-state index in [1.54, 1.807) is 0 Å². The van der Waals surface area contributed by atoms with E-state index in [1.165, 1.54) is 12.8 Å². The van der Waals surface area contributed by atoms with Crippen molar-refractivity contribution >= 4 is 12.4 Å². The third-order valence-corrected chi connectivity index (χ3v) is 2.55. The van der Waals surface area contributed by atoms with E-state index in [-0.39, 0.29) is 12.4 Å². The molecule has 1 aliphatic heterocycles. The summed E-state index contributed by atoms with van der Waals surface area (Å²) in [5.41, 5.74) is 5.75. The lowest BCUT2D eigenvalue weighted by molar-refractivity contribution is -0.0943. The molecule has 3 heteroatoms. The van der Waals surface area contributed by atoms with Gasteiger partial charge in [0.1, 0.15) is 0 Å². The second kappa shape index (κ2) is 3.07. The van der Waals surface area contributed by atoms with Gasteiger partial charge in [-0.3, -0.25) is 0 Å². The second-order valence-electron chi connectivity index (χ2n) is 3.11. The normalized spacial score (nSPS) is 44.7. The van der Waals surface area contributed by atoms with E-state index in [2.05, 4.69) is 0 Å². The van der Waals surface area contributed by atoms with Gasteiger partial charge in [-0.2, -0.15) is 0 Å². The molecule has 1 aliphatic carbocycles. The van der Waals surface area contributed by atoms with E-state index in [4.69, 9.17) is 10.5 Å². The molecule has 1 heterocycles. The molecule has 2 nitrogen and oxygen atoms in total. The van der Waals surface area contributed by atoms with Crippen molar-refractivity contribution in [1.29, 1.82) is 0 Å². The van der Waals surface area contributed by atoms with Crippen molar-refractivity contribution in [2.45, 2.75) is 31.4 Å². The number of halogens is 1. The molecule has 2 aliphatic rings. The predicted octanol–water partition coefficient (Wildman–Crippen LogP) is 0.934. The standard InChI is InChI=1S/C7H13NO.ClH/c8-6-4-7-5(6)2-1-3-9-7;/h5-7H,1-4,8H2;1H/t5-,6-,7+;/m0./s1. The van der Waals surface area contributed by atoms with Crippen molar-refractivity contribution < 1.29 is 4.74 Å². The summed E-state index contributed by atoms with van der Waals surface area (Å²) < 4.78 is 5.47. The highest BCUT2D eigenvalue weighted by molar-refractivity contribution is 5.85. The molecule has 2 fully saturated rings. The van der Waals surface area contributed by atoms with Gasteiger partial charge in [-0.25, -0.2) is 0 Å². The molecule has 0 spiro atoms. The van der Waals surface area contributed by atoms with Crippen LogP contribution in [0.4, 0.5) is 0 Å². The van der Waals surface area contributed by atoms with Gasteiger partial charge < -0.3 is 10.5 Å². The Bertz CT molecular complexity index is 118. The Morgan fingerprint density at radius 2 is 2.20 bits per heavy atom. The number of nitrogens with two attached hydrogens (primary N) is 1. The maximum absolute atomic E-state index is 5.75. The van der Waals surface area contributed by atoms with Crippen molar-refractivity contribution in [2.75, 3.05) is 6.61 Å². The molecule has 0 radical (unpaired) electrons. The zero-order valence-corrected chi connectivity index (χ0v) is 6.77. The van der Waals surface area contributed by atoms with Crippen LogP contribution in [0.5, 0.6) is 0 Å². The monoisotopic (exact) mass is 163 g/mol. The van der Waals surface area contributed by atoms with Gasteiger partial charge in [0.15, 0.2) is 0 Å². The summed E-state index contributed by atoms with van der Waals surface area (Å²) in [6.45, 7) is 0.966. The summed E-state index contributed by atoms with van der Waals surface area (Å²) in [5.74, 6) is 0.707. The van der Waals surface area contributed by atoms with Gasteiger partial charge >= 0.3 is 0 Å². The first-order chi connectivity index (χ1) is 4.38. The lowest BCUT2D eigenvalue weighted by atomic mass is 9.73. The quantitative estimate of drug-likeness (QED) is 0.577. The van der Waals surface area contributed by atoms with Crippen LogP contribution in [0.2, 0.25) is 0 Å². The van der Waals surface area contributed by atoms with Gasteiger partial charge in [0.05, 0.1) is 6.10 Å². The number of hydrogen-bond donors (Lipinski definition) is 1. The summed E-state index contributed by atoms with van der Waals surface area (Å²) in [4.78, 5) is 0. The van der Waals surface area contributed by atoms with Crippen LogP contribution < -0.4 is 5.73 Å². The van der Waals surface area contributed by atoms with Gasteiger partial charge in [0.25, 0.3) is 0 Å².